The third-order valence-corrected chi connectivity index (χ3v) is 3.76. The smallest absolute Gasteiger partial charge is 0.257 e. The number of hydrogen-bond acceptors (Lipinski definition) is 2. The quantitative estimate of drug-likeness (QED) is 0.800. The monoisotopic (exact) mass is 340 g/mol. The lowest BCUT2D eigenvalue weighted by Crippen LogP contribution is -2.16. The van der Waals surface area contributed by atoms with Crippen molar-refractivity contribution in [1.29, 1.82) is 0 Å². The van der Waals surface area contributed by atoms with E-state index in [1.807, 2.05) is 0 Å². The first-order chi connectivity index (χ1) is 11.0. The highest BCUT2D eigenvalue weighted by molar-refractivity contribution is 6.34. The number of halogens is 4. The highest BCUT2D eigenvalue weighted by Gasteiger charge is 2.24. The molecule has 1 aliphatic carbocycles. The van der Waals surface area contributed by atoms with E-state index in [9.17, 15) is 18.0 Å². The van der Waals surface area contributed by atoms with Gasteiger partial charge in [0, 0.05) is 6.04 Å². The summed E-state index contributed by atoms with van der Waals surface area (Å²) in [5.74, 6) is -3.82. The summed E-state index contributed by atoms with van der Waals surface area (Å²) in [6, 6.07) is 5.97. The van der Waals surface area contributed by atoms with Crippen molar-refractivity contribution in [3.63, 3.8) is 0 Å². The van der Waals surface area contributed by atoms with Crippen molar-refractivity contribution in [2.45, 2.75) is 18.9 Å². The molecule has 0 aliphatic heterocycles. The van der Waals surface area contributed by atoms with Gasteiger partial charge in [0.05, 0.1) is 16.3 Å². The van der Waals surface area contributed by atoms with E-state index in [2.05, 4.69) is 10.6 Å². The predicted molar refractivity (Wildman–Crippen MR) is 82.4 cm³/mol. The van der Waals surface area contributed by atoms with Crippen molar-refractivity contribution >= 4 is 28.9 Å². The lowest BCUT2D eigenvalue weighted by Gasteiger charge is -2.14. The summed E-state index contributed by atoms with van der Waals surface area (Å²) in [5.41, 5.74) is 0.107. The number of hydrogen-bond donors (Lipinski definition) is 2. The number of amides is 1. The van der Waals surface area contributed by atoms with Gasteiger partial charge in [-0.05, 0) is 37.1 Å². The van der Waals surface area contributed by atoms with E-state index in [1.54, 1.807) is 6.07 Å². The molecule has 0 saturated heterocycles. The first kappa shape index (κ1) is 15.7. The van der Waals surface area contributed by atoms with Crippen LogP contribution >= 0.6 is 11.6 Å². The lowest BCUT2D eigenvalue weighted by molar-refractivity contribution is 0.102. The van der Waals surface area contributed by atoms with Crippen molar-refractivity contribution in [3.05, 3.63) is 58.4 Å². The molecule has 1 fully saturated rings. The molecule has 1 amide bonds. The van der Waals surface area contributed by atoms with Gasteiger partial charge in [-0.15, -0.1) is 0 Å². The van der Waals surface area contributed by atoms with Crippen molar-refractivity contribution in [3.8, 4) is 0 Å². The molecule has 0 heterocycles. The number of carbonyl (C=O) groups is 1. The van der Waals surface area contributed by atoms with E-state index < -0.39 is 23.4 Å². The van der Waals surface area contributed by atoms with Gasteiger partial charge in [0.2, 0.25) is 0 Å². The first-order valence-corrected chi connectivity index (χ1v) is 7.34. The van der Waals surface area contributed by atoms with Gasteiger partial charge in [0.1, 0.15) is 11.5 Å². The molecule has 23 heavy (non-hydrogen) atoms. The molecule has 0 aromatic heterocycles. The highest BCUT2D eigenvalue weighted by atomic mass is 35.5. The molecule has 2 aromatic carbocycles. The van der Waals surface area contributed by atoms with Crippen LogP contribution in [0, 0.1) is 17.5 Å². The van der Waals surface area contributed by atoms with Gasteiger partial charge in [-0.25, -0.2) is 13.2 Å². The topological polar surface area (TPSA) is 41.1 Å². The van der Waals surface area contributed by atoms with E-state index >= 15 is 0 Å². The predicted octanol–water partition coefficient (Wildman–Crippen LogP) is 4.58. The van der Waals surface area contributed by atoms with Crippen LogP contribution in [0.1, 0.15) is 23.2 Å². The number of nitrogens with one attached hydrogen (secondary N) is 2. The average molecular weight is 341 g/mol. The largest absolute Gasteiger partial charge is 0.381 e. The maximum atomic E-state index is 14.0. The van der Waals surface area contributed by atoms with Crippen molar-refractivity contribution < 1.29 is 18.0 Å². The second-order valence-corrected chi connectivity index (χ2v) is 5.69. The van der Waals surface area contributed by atoms with Crippen LogP contribution in [-0.4, -0.2) is 11.9 Å². The molecule has 0 bridgehead atoms. The van der Waals surface area contributed by atoms with E-state index in [4.69, 9.17) is 11.6 Å². The van der Waals surface area contributed by atoms with Crippen LogP contribution in [0.4, 0.5) is 24.5 Å². The molecule has 3 nitrogen and oxygen atoms in total. The normalized spacial score (nSPS) is 13.7. The Morgan fingerprint density at radius 1 is 1.09 bits per heavy atom. The standard InChI is InChI=1S/C16H12ClF3N2O/c17-10-7-13(20)12(19)6-9(10)16(23)22-15-11(18)2-1-3-14(15)21-8-4-5-8/h1-3,6-8,21H,4-5H2,(H,22,23). The maximum Gasteiger partial charge on any atom is 0.257 e. The molecule has 7 heteroatoms. The average Bonchev–Trinajstić information content (AvgIpc) is 3.30. The summed E-state index contributed by atoms with van der Waals surface area (Å²) in [4.78, 5) is 12.2. The second kappa shape index (κ2) is 6.12. The Morgan fingerprint density at radius 3 is 2.48 bits per heavy atom. The number of anilines is 2. The maximum absolute atomic E-state index is 14.0. The fourth-order valence-electron chi connectivity index (χ4n) is 2.10. The Labute approximate surface area is 135 Å². The molecule has 1 saturated carbocycles. The van der Waals surface area contributed by atoms with E-state index in [0.717, 1.165) is 12.8 Å². The van der Waals surface area contributed by atoms with Gasteiger partial charge >= 0.3 is 0 Å². The molecule has 0 atom stereocenters. The summed E-state index contributed by atoms with van der Waals surface area (Å²) in [5, 5.41) is 5.21. The highest BCUT2D eigenvalue weighted by Crippen LogP contribution is 2.32. The van der Waals surface area contributed by atoms with Crippen LogP contribution in [0.2, 0.25) is 5.02 Å². The molecule has 2 N–H and O–H groups in total. The van der Waals surface area contributed by atoms with Crippen LogP contribution in [0.3, 0.4) is 0 Å². The molecule has 0 unspecified atom stereocenters. The molecule has 0 radical (unpaired) electrons. The van der Waals surface area contributed by atoms with E-state index in [-0.39, 0.29) is 22.3 Å². The fraction of sp³-hybridized carbons (Fsp3) is 0.188. The number of carbonyl (C=O) groups excluding carboxylic acids is 1. The van der Waals surface area contributed by atoms with Crippen LogP contribution < -0.4 is 10.6 Å². The Morgan fingerprint density at radius 2 is 1.78 bits per heavy atom. The van der Waals surface area contributed by atoms with Gasteiger partial charge in [0.25, 0.3) is 5.91 Å². The minimum atomic E-state index is -1.20. The third-order valence-electron chi connectivity index (χ3n) is 3.44. The van der Waals surface area contributed by atoms with Crippen molar-refractivity contribution in [2.24, 2.45) is 0 Å². The van der Waals surface area contributed by atoms with Gasteiger partial charge in [-0.3, -0.25) is 4.79 Å². The van der Waals surface area contributed by atoms with E-state index in [1.165, 1.54) is 12.1 Å². The minimum absolute atomic E-state index is 0.0507. The third kappa shape index (κ3) is 3.42. The van der Waals surface area contributed by atoms with Gasteiger partial charge in [-0.1, -0.05) is 17.7 Å². The zero-order valence-electron chi connectivity index (χ0n) is 11.8. The number of benzene rings is 2. The Hall–Kier alpha value is -2.21. The summed E-state index contributed by atoms with van der Waals surface area (Å²) in [7, 11) is 0. The summed E-state index contributed by atoms with van der Waals surface area (Å²) < 4.78 is 40.4. The van der Waals surface area contributed by atoms with Crippen LogP contribution in [0.15, 0.2) is 30.3 Å². The molecule has 0 spiro atoms. The van der Waals surface area contributed by atoms with Gasteiger partial charge in [0.15, 0.2) is 11.6 Å². The second-order valence-electron chi connectivity index (χ2n) is 5.28. The first-order valence-electron chi connectivity index (χ1n) is 6.96. The summed E-state index contributed by atoms with van der Waals surface area (Å²) in [6.07, 6.45) is 1.94. The van der Waals surface area contributed by atoms with Gasteiger partial charge < -0.3 is 10.6 Å². The Bertz CT molecular complexity index is 778. The van der Waals surface area contributed by atoms with Crippen molar-refractivity contribution in [2.75, 3.05) is 10.6 Å². The molecule has 120 valence electrons. The Kier molecular flexibility index (Phi) is 4.17. The SMILES string of the molecule is O=C(Nc1c(F)cccc1NC1CC1)c1cc(F)c(F)cc1Cl. The van der Waals surface area contributed by atoms with Crippen LogP contribution in [0.25, 0.3) is 0 Å². The molecule has 1 aliphatic rings. The molecule has 3 rings (SSSR count). The molecular weight excluding hydrogens is 329 g/mol. The Balaban J connectivity index is 1.89. The summed E-state index contributed by atoms with van der Waals surface area (Å²) >= 11 is 5.76. The molecular formula is C16H12ClF3N2O. The lowest BCUT2D eigenvalue weighted by atomic mass is 10.1. The van der Waals surface area contributed by atoms with Crippen LogP contribution in [0.5, 0.6) is 0 Å². The molecule has 2 aromatic rings. The number of rotatable bonds is 4. The minimum Gasteiger partial charge on any atom is -0.381 e. The van der Waals surface area contributed by atoms with Gasteiger partial charge in [-0.2, -0.15) is 0 Å². The zero-order chi connectivity index (χ0) is 16.6. The fourth-order valence-corrected chi connectivity index (χ4v) is 2.33. The van der Waals surface area contributed by atoms with Crippen molar-refractivity contribution in [1.82, 2.24) is 0 Å². The number of para-hydroxylation sites is 1. The zero-order valence-corrected chi connectivity index (χ0v) is 12.6. The van der Waals surface area contributed by atoms with E-state index in [0.29, 0.717) is 17.8 Å². The summed E-state index contributed by atoms with van der Waals surface area (Å²) in [6.45, 7) is 0. The van der Waals surface area contributed by atoms with Crippen LogP contribution in [-0.2, 0) is 0 Å².